The molecule has 8 heteroatoms. The molecule has 0 aliphatic carbocycles. The molecule has 28 heavy (non-hydrogen) atoms. The van der Waals surface area contributed by atoms with Gasteiger partial charge >= 0.3 is 0 Å². The Balaban J connectivity index is 1.93. The lowest BCUT2D eigenvalue weighted by Crippen LogP contribution is -2.14. The van der Waals surface area contributed by atoms with Crippen molar-refractivity contribution in [2.24, 2.45) is 0 Å². The van der Waals surface area contributed by atoms with E-state index in [1.807, 2.05) is 6.07 Å². The first-order valence-electron chi connectivity index (χ1n) is 8.10. The van der Waals surface area contributed by atoms with E-state index in [2.05, 4.69) is 4.98 Å². The SMILES string of the molecule is N#Cc1cc(Cl)cc(Oc2c(F)c(CCc3cccc(F)c3)[nH]c(=O)c2Cl)c1. The molecule has 0 bridgehead atoms. The summed E-state index contributed by atoms with van der Waals surface area (Å²) in [7, 11) is 0. The number of halogens is 4. The van der Waals surface area contributed by atoms with Crippen LogP contribution in [0.5, 0.6) is 11.5 Å². The second kappa shape index (κ2) is 8.42. The Morgan fingerprint density at radius 1 is 1.11 bits per heavy atom. The largest absolute Gasteiger partial charge is 0.452 e. The molecule has 0 aliphatic rings. The summed E-state index contributed by atoms with van der Waals surface area (Å²) in [5, 5.41) is 8.74. The van der Waals surface area contributed by atoms with Gasteiger partial charge in [-0.15, -0.1) is 0 Å². The zero-order valence-corrected chi connectivity index (χ0v) is 15.7. The number of nitrogens with one attached hydrogen (secondary N) is 1. The van der Waals surface area contributed by atoms with Crippen molar-refractivity contribution in [3.8, 4) is 17.6 Å². The predicted molar refractivity (Wildman–Crippen MR) is 102 cm³/mol. The molecule has 0 radical (unpaired) electrons. The molecule has 0 amide bonds. The second-order valence-electron chi connectivity index (χ2n) is 5.91. The fourth-order valence-corrected chi connectivity index (χ4v) is 3.00. The van der Waals surface area contributed by atoms with Gasteiger partial charge < -0.3 is 9.72 Å². The molecule has 0 atom stereocenters. The standard InChI is InChI=1S/C20H12Cl2F2N2O2/c21-13-6-12(10-25)8-15(9-13)28-19-17(22)20(27)26-16(18(19)24)5-4-11-2-1-3-14(23)7-11/h1-3,6-9H,4-5H2,(H,26,27). The minimum atomic E-state index is -0.848. The van der Waals surface area contributed by atoms with Crippen LogP contribution in [0.3, 0.4) is 0 Å². The number of pyridine rings is 1. The van der Waals surface area contributed by atoms with Crippen LogP contribution in [-0.4, -0.2) is 4.98 Å². The number of benzene rings is 2. The average Bonchev–Trinajstić information content (AvgIpc) is 2.66. The normalized spacial score (nSPS) is 10.5. The van der Waals surface area contributed by atoms with Crippen LogP contribution in [0.2, 0.25) is 10.0 Å². The smallest absolute Gasteiger partial charge is 0.270 e. The number of rotatable bonds is 5. The molecule has 3 aromatic rings. The third kappa shape index (κ3) is 4.50. The minimum Gasteiger partial charge on any atom is -0.452 e. The summed E-state index contributed by atoms with van der Waals surface area (Å²) < 4.78 is 33.6. The van der Waals surface area contributed by atoms with E-state index in [4.69, 9.17) is 33.2 Å². The number of aromatic amines is 1. The van der Waals surface area contributed by atoms with E-state index in [1.54, 1.807) is 12.1 Å². The molecule has 4 nitrogen and oxygen atoms in total. The molecule has 1 heterocycles. The van der Waals surface area contributed by atoms with Crippen molar-refractivity contribution >= 4 is 23.2 Å². The van der Waals surface area contributed by atoms with Crippen molar-refractivity contribution in [1.29, 1.82) is 5.26 Å². The van der Waals surface area contributed by atoms with Gasteiger partial charge in [-0.25, -0.2) is 8.78 Å². The number of aryl methyl sites for hydroxylation is 2. The lowest BCUT2D eigenvalue weighted by Gasteiger charge is -2.12. The highest BCUT2D eigenvalue weighted by atomic mass is 35.5. The Bertz CT molecular complexity index is 1140. The Morgan fingerprint density at radius 2 is 1.89 bits per heavy atom. The summed E-state index contributed by atoms with van der Waals surface area (Å²) >= 11 is 11.8. The van der Waals surface area contributed by atoms with Crippen molar-refractivity contribution in [1.82, 2.24) is 4.98 Å². The molecule has 3 rings (SSSR count). The Kier molecular flexibility index (Phi) is 5.98. The highest BCUT2D eigenvalue weighted by Crippen LogP contribution is 2.33. The molecule has 0 fully saturated rings. The summed E-state index contributed by atoms with van der Waals surface area (Å²) in [5.74, 6) is -1.65. The van der Waals surface area contributed by atoms with Crippen LogP contribution < -0.4 is 10.3 Å². The topological polar surface area (TPSA) is 65.9 Å². The molecule has 1 aromatic heterocycles. The lowest BCUT2D eigenvalue weighted by molar-refractivity contribution is 0.434. The van der Waals surface area contributed by atoms with Crippen LogP contribution in [0.4, 0.5) is 8.78 Å². The number of nitrogens with zero attached hydrogens (tertiary/aromatic N) is 1. The van der Waals surface area contributed by atoms with Gasteiger partial charge in [0.1, 0.15) is 11.6 Å². The van der Waals surface area contributed by atoms with Gasteiger partial charge in [0.25, 0.3) is 5.56 Å². The van der Waals surface area contributed by atoms with Crippen molar-refractivity contribution in [2.45, 2.75) is 12.8 Å². The van der Waals surface area contributed by atoms with E-state index in [-0.39, 0.29) is 28.5 Å². The molecule has 0 aliphatic heterocycles. The molecule has 1 N–H and O–H groups in total. The second-order valence-corrected chi connectivity index (χ2v) is 6.72. The molecule has 0 spiro atoms. The maximum Gasteiger partial charge on any atom is 0.270 e. The minimum absolute atomic E-state index is 0.0313. The number of hydrogen-bond donors (Lipinski definition) is 1. The van der Waals surface area contributed by atoms with Gasteiger partial charge in [0, 0.05) is 5.02 Å². The van der Waals surface area contributed by atoms with E-state index >= 15 is 0 Å². The molecular formula is C20H12Cl2F2N2O2. The summed E-state index contributed by atoms with van der Waals surface area (Å²) in [6.45, 7) is 0. The van der Waals surface area contributed by atoms with Crippen molar-refractivity contribution < 1.29 is 13.5 Å². The molecule has 0 saturated heterocycles. The number of nitriles is 1. The quantitative estimate of drug-likeness (QED) is 0.599. The summed E-state index contributed by atoms with van der Waals surface area (Å²) in [4.78, 5) is 14.5. The maximum atomic E-state index is 14.9. The van der Waals surface area contributed by atoms with Gasteiger partial charge in [-0.05, 0) is 48.7 Å². The molecular weight excluding hydrogens is 409 g/mol. The highest BCUT2D eigenvalue weighted by Gasteiger charge is 2.19. The predicted octanol–water partition coefficient (Wildman–Crippen LogP) is 5.41. The third-order valence-electron chi connectivity index (χ3n) is 3.90. The van der Waals surface area contributed by atoms with Crippen molar-refractivity contribution in [2.75, 3.05) is 0 Å². The summed E-state index contributed by atoms with van der Waals surface area (Å²) in [6.07, 6.45) is 0.387. The zero-order chi connectivity index (χ0) is 20.3. The van der Waals surface area contributed by atoms with Crippen LogP contribution in [-0.2, 0) is 12.8 Å². The van der Waals surface area contributed by atoms with Crippen molar-refractivity contribution in [3.05, 3.63) is 91.3 Å². The van der Waals surface area contributed by atoms with E-state index in [1.165, 1.54) is 30.3 Å². The van der Waals surface area contributed by atoms with Crippen LogP contribution >= 0.6 is 23.2 Å². The van der Waals surface area contributed by atoms with Crippen LogP contribution in [0, 0.1) is 23.0 Å². The van der Waals surface area contributed by atoms with E-state index in [9.17, 15) is 13.6 Å². The molecule has 142 valence electrons. The Hall–Kier alpha value is -2.88. The van der Waals surface area contributed by atoms with Gasteiger partial charge in [0.15, 0.2) is 16.6 Å². The fraction of sp³-hybridized carbons (Fsp3) is 0.100. The number of H-pyrrole nitrogens is 1. The molecule has 2 aromatic carbocycles. The van der Waals surface area contributed by atoms with Crippen LogP contribution in [0.25, 0.3) is 0 Å². The van der Waals surface area contributed by atoms with Gasteiger partial charge in [-0.3, -0.25) is 4.79 Å². The maximum absolute atomic E-state index is 14.9. The first-order valence-corrected chi connectivity index (χ1v) is 8.86. The number of hydrogen-bond acceptors (Lipinski definition) is 3. The average molecular weight is 421 g/mol. The van der Waals surface area contributed by atoms with Gasteiger partial charge in [-0.2, -0.15) is 5.26 Å². The Morgan fingerprint density at radius 3 is 2.61 bits per heavy atom. The van der Waals surface area contributed by atoms with E-state index in [0.29, 0.717) is 12.0 Å². The van der Waals surface area contributed by atoms with E-state index in [0.717, 1.165) is 0 Å². The van der Waals surface area contributed by atoms with Gasteiger partial charge in [0.05, 0.1) is 17.3 Å². The fourth-order valence-electron chi connectivity index (χ4n) is 2.61. The van der Waals surface area contributed by atoms with Crippen LogP contribution in [0.1, 0.15) is 16.8 Å². The summed E-state index contributed by atoms with van der Waals surface area (Å²) in [5.41, 5.74) is 0.0902. The molecule has 0 saturated carbocycles. The number of aromatic nitrogens is 1. The Labute approximate surface area is 168 Å². The molecule has 0 unspecified atom stereocenters. The first-order chi connectivity index (χ1) is 13.4. The monoisotopic (exact) mass is 420 g/mol. The van der Waals surface area contributed by atoms with Crippen LogP contribution in [0.15, 0.2) is 47.3 Å². The van der Waals surface area contributed by atoms with E-state index < -0.39 is 28.0 Å². The third-order valence-corrected chi connectivity index (χ3v) is 4.46. The lowest BCUT2D eigenvalue weighted by atomic mass is 10.1. The number of ether oxygens (including phenoxy) is 1. The highest BCUT2D eigenvalue weighted by molar-refractivity contribution is 6.32. The van der Waals surface area contributed by atoms with Crippen molar-refractivity contribution in [3.63, 3.8) is 0 Å². The van der Waals surface area contributed by atoms with Gasteiger partial charge in [0.2, 0.25) is 0 Å². The zero-order valence-electron chi connectivity index (χ0n) is 14.2. The first kappa shape index (κ1) is 19.9. The van der Waals surface area contributed by atoms with Gasteiger partial charge in [-0.1, -0.05) is 35.3 Å². The summed E-state index contributed by atoms with van der Waals surface area (Å²) in [6, 6.07) is 11.9.